The van der Waals surface area contributed by atoms with Gasteiger partial charge in [-0.3, -0.25) is 9.00 Å². The Bertz CT molecular complexity index is 513. The summed E-state index contributed by atoms with van der Waals surface area (Å²) in [7, 11) is 0.464. The molecule has 0 spiro atoms. The van der Waals surface area contributed by atoms with Crippen molar-refractivity contribution in [2.45, 2.75) is 30.9 Å². The van der Waals surface area contributed by atoms with Gasteiger partial charge in [-0.15, -0.1) is 0 Å². The smallest absolute Gasteiger partial charge is 0.237 e. The Hall–Kier alpha value is -1.56. The van der Waals surface area contributed by atoms with Crippen molar-refractivity contribution >= 4 is 28.1 Å². The van der Waals surface area contributed by atoms with E-state index in [4.69, 9.17) is 10.5 Å². The summed E-state index contributed by atoms with van der Waals surface area (Å²) in [5.74, 6) is 0.415. The van der Waals surface area contributed by atoms with E-state index in [9.17, 15) is 9.00 Å². The van der Waals surface area contributed by atoms with Crippen molar-refractivity contribution in [1.82, 2.24) is 0 Å². The highest BCUT2D eigenvalue weighted by molar-refractivity contribution is 7.86. The molecule has 6 heteroatoms. The third kappa shape index (κ3) is 3.72. The third-order valence-corrected chi connectivity index (χ3v) is 5.24. The number of benzene rings is 1. The van der Waals surface area contributed by atoms with Crippen molar-refractivity contribution < 1.29 is 13.7 Å². The van der Waals surface area contributed by atoms with Crippen LogP contribution in [0.5, 0.6) is 5.75 Å². The molecule has 1 saturated carbocycles. The molecule has 0 heterocycles. The zero-order valence-electron chi connectivity index (χ0n) is 11.6. The van der Waals surface area contributed by atoms with E-state index in [0.29, 0.717) is 17.1 Å². The molecule has 1 atom stereocenters. The lowest BCUT2D eigenvalue weighted by molar-refractivity contribution is -0.113. The molecule has 0 aromatic heterocycles. The summed E-state index contributed by atoms with van der Waals surface area (Å²) in [6, 6.07) is 5.05. The van der Waals surface area contributed by atoms with Crippen molar-refractivity contribution in [3.63, 3.8) is 0 Å². The maximum absolute atomic E-state index is 12.0. The Balaban J connectivity index is 1.92. The first kappa shape index (κ1) is 14.8. The number of hydrogen-bond acceptors (Lipinski definition) is 4. The molecule has 1 amide bonds. The summed E-state index contributed by atoms with van der Waals surface area (Å²) in [5.41, 5.74) is 6.79. The number of carbonyl (C=O) groups excluding carboxylic acids is 1. The van der Waals surface area contributed by atoms with E-state index in [1.807, 2.05) is 0 Å². The fourth-order valence-corrected chi connectivity index (χ4v) is 3.79. The van der Waals surface area contributed by atoms with Crippen molar-refractivity contribution in [3.05, 3.63) is 18.2 Å². The van der Waals surface area contributed by atoms with Gasteiger partial charge < -0.3 is 15.8 Å². The first-order valence-corrected chi connectivity index (χ1v) is 8.09. The maximum Gasteiger partial charge on any atom is 0.237 e. The molecule has 3 N–H and O–H groups in total. The van der Waals surface area contributed by atoms with Crippen LogP contribution < -0.4 is 15.8 Å². The van der Waals surface area contributed by atoms with Crippen LogP contribution in [0.4, 0.5) is 11.4 Å². The van der Waals surface area contributed by atoms with Gasteiger partial charge in [0, 0.05) is 22.1 Å². The van der Waals surface area contributed by atoms with Crippen molar-refractivity contribution in [2.75, 3.05) is 23.9 Å². The molecule has 1 aromatic rings. The van der Waals surface area contributed by atoms with E-state index in [0.717, 1.165) is 25.7 Å². The molecule has 0 aliphatic heterocycles. The Morgan fingerprint density at radius 1 is 1.45 bits per heavy atom. The van der Waals surface area contributed by atoms with Gasteiger partial charge in [-0.1, -0.05) is 12.8 Å². The van der Waals surface area contributed by atoms with Crippen LogP contribution in [0.25, 0.3) is 0 Å². The van der Waals surface area contributed by atoms with Crippen LogP contribution in [0.2, 0.25) is 0 Å². The molecular weight excluding hydrogens is 276 g/mol. The summed E-state index contributed by atoms with van der Waals surface area (Å²) >= 11 is 0. The monoisotopic (exact) mass is 296 g/mol. The van der Waals surface area contributed by atoms with Gasteiger partial charge in [0.15, 0.2) is 0 Å². The standard InChI is InChI=1S/C14H20N2O3S/c1-19-10-6-7-13(12(15)8-10)16-14(17)9-20(18)11-4-2-3-5-11/h6-8,11H,2-5,9,15H2,1H3,(H,16,17). The first-order chi connectivity index (χ1) is 9.60. The molecule has 0 radical (unpaired) electrons. The van der Waals surface area contributed by atoms with Gasteiger partial charge >= 0.3 is 0 Å². The van der Waals surface area contributed by atoms with Gasteiger partial charge in [-0.25, -0.2) is 0 Å². The van der Waals surface area contributed by atoms with Gasteiger partial charge in [0.05, 0.1) is 18.5 Å². The number of rotatable bonds is 5. The lowest BCUT2D eigenvalue weighted by Crippen LogP contribution is -2.25. The largest absolute Gasteiger partial charge is 0.497 e. The van der Waals surface area contributed by atoms with E-state index < -0.39 is 10.8 Å². The highest BCUT2D eigenvalue weighted by Crippen LogP contribution is 2.25. The third-order valence-electron chi connectivity index (χ3n) is 3.48. The van der Waals surface area contributed by atoms with Gasteiger partial charge in [-0.05, 0) is 25.0 Å². The SMILES string of the molecule is COc1ccc(NC(=O)CS(=O)C2CCCC2)c(N)c1. The number of anilines is 2. The van der Waals surface area contributed by atoms with Crippen molar-refractivity contribution in [2.24, 2.45) is 0 Å². The van der Waals surface area contributed by atoms with Gasteiger partial charge in [-0.2, -0.15) is 0 Å². The number of amides is 1. The minimum absolute atomic E-state index is 0.0378. The average Bonchev–Trinajstić information content (AvgIpc) is 2.95. The van der Waals surface area contributed by atoms with Crippen LogP contribution in [-0.4, -0.2) is 28.2 Å². The van der Waals surface area contributed by atoms with Crippen molar-refractivity contribution in [1.29, 1.82) is 0 Å². The molecule has 0 bridgehead atoms. The molecular formula is C14H20N2O3S. The van der Waals surface area contributed by atoms with Crippen molar-refractivity contribution in [3.8, 4) is 5.75 Å². The highest BCUT2D eigenvalue weighted by atomic mass is 32.2. The molecule has 20 heavy (non-hydrogen) atoms. The quantitative estimate of drug-likeness (QED) is 0.813. The lowest BCUT2D eigenvalue weighted by Gasteiger charge is -2.11. The van der Waals surface area contributed by atoms with Crippen LogP contribution >= 0.6 is 0 Å². The normalized spacial score (nSPS) is 16.9. The Labute approximate surface area is 121 Å². The lowest BCUT2D eigenvalue weighted by atomic mass is 10.2. The molecule has 1 unspecified atom stereocenters. The number of hydrogen-bond donors (Lipinski definition) is 2. The Kier molecular flexibility index (Phi) is 5.00. The topological polar surface area (TPSA) is 81.4 Å². The van der Waals surface area contributed by atoms with E-state index in [2.05, 4.69) is 5.32 Å². The Morgan fingerprint density at radius 2 is 2.15 bits per heavy atom. The van der Waals surface area contributed by atoms with Crippen LogP contribution in [0.1, 0.15) is 25.7 Å². The van der Waals surface area contributed by atoms with Gasteiger partial charge in [0.25, 0.3) is 0 Å². The molecule has 1 fully saturated rings. The molecule has 1 aliphatic carbocycles. The van der Waals surface area contributed by atoms with Gasteiger partial charge in [0.1, 0.15) is 11.5 Å². The second-order valence-corrected chi connectivity index (χ2v) is 6.65. The molecule has 1 aromatic carbocycles. The molecule has 1 aliphatic rings. The van der Waals surface area contributed by atoms with Gasteiger partial charge in [0.2, 0.25) is 5.91 Å². The fraction of sp³-hybridized carbons (Fsp3) is 0.500. The molecule has 5 nitrogen and oxygen atoms in total. The number of nitrogen functional groups attached to an aromatic ring is 1. The molecule has 110 valence electrons. The number of ether oxygens (including phenoxy) is 1. The van der Waals surface area contributed by atoms with E-state index >= 15 is 0 Å². The van der Waals surface area contributed by atoms with Crippen LogP contribution in [0, 0.1) is 0 Å². The van der Waals surface area contributed by atoms with Crippen LogP contribution in [0.15, 0.2) is 18.2 Å². The second kappa shape index (κ2) is 6.74. The predicted molar refractivity (Wildman–Crippen MR) is 81.3 cm³/mol. The van der Waals surface area contributed by atoms with E-state index in [1.165, 1.54) is 0 Å². The number of methoxy groups -OCH3 is 1. The van der Waals surface area contributed by atoms with Crippen LogP contribution in [0.3, 0.4) is 0 Å². The zero-order valence-corrected chi connectivity index (χ0v) is 12.4. The fourth-order valence-electron chi connectivity index (χ4n) is 2.37. The summed E-state index contributed by atoms with van der Waals surface area (Å²) < 4.78 is 17.1. The second-order valence-electron chi connectivity index (χ2n) is 4.93. The first-order valence-electron chi connectivity index (χ1n) is 6.70. The summed E-state index contributed by atoms with van der Waals surface area (Å²) in [6.45, 7) is 0. The minimum Gasteiger partial charge on any atom is -0.497 e. The summed E-state index contributed by atoms with van der Waals surface area (Å²) in [4.78, 5) is 11.9. The molecule has 2 rings (SSSR count). The van der Waals surface area contributed by atoms with E-state index in [1.54, 1.807) is 25.3 Å². The van der Waals surface area contributed by atoms with Crippen LogP contribution in [-0.2, 0) is 15.6 Å². The number of nitrogens with two attached hydrogens (primary N) is 1. The highest BCUT2D eigenvalue weighted by Gasteiger charge is 2.23. The Morgan fingerprint density at radius 3 is 2.75 bits per heavy atom. The van der Waals surface area contributed by atoms with E-state index in [-0.39, 0.29) is 16.9 Å². The average molecular weight is 296 g/mol. The summed E-state index contributed by atoms with van der Waals surface area (Å²) in [6.07, 6.45) is 4.15. The minimum atomic E-state index is -1.09. The predicted octanol–water partition coefficient (Wildman–Crippen LogP) is 1.91. The summed E-state index contributed by atoms with van der Waals surface area (Å²) in [5, 5.41) is 2.88. The number of carbonyl (C=O) groups is 1. The maximum atomic E-state index is 12.0. The zero-order chi connectivity index (χ0) is 14.5. The molecule has 0 saturated heterocycles. The number of nitrogens with one attached hydrogen (secondary N) is 1.